The van der Waals surface area contributed by atoms with Gasteiger partial charge in [0, 0.05) is 37.2 Å². The summed E-state index contributed by atoms with van der Waals surface area (Å²) in [7, 11) is 1.59. The van der Waals surface area contributed by atoms with E-state index in [-0.39, 0.29) is 5.91 Å². The van der Waals surface area contributed by atoms with Gasteiger partial charge in [0.25, 0.3) is 0 Å². The first kappa shape index (κ1) is 19.5. The van der Waals surface area contributed by atoms with Gasteiger partial charge in [-0.1, -0.05) is 11.6 Å². The molecule has 1 N–H and O–H groups in total. The Hall–Kier alpha value is -1.30. The smallest absolute Gasteiger partial charge is 0.224 e. The third-order valence-electron chi connectivity index (χ3n) is 5.47. The van der Waals surface area contributed by atoms with Gasteiger partial charge < -0.3 is 14.8 Å². The number of nitrogens with one attached hydrogen (secondary N) is 1. The van der Waals surface area contributed by atoms with E-state index >= 15 is 0 Å². The van der Waals surface area contributed by atoms with Crippen LogP contribution in [0.2, 0.25) is 5.02 Å². The number of carbonyl (C=O) groups is 1. The van der Waals surface area contributed by atoms with Crippen LogP contribution in [0.1, 0.15) is 38.5 Å². The van der Waals surface area contributed by atoms with Gasteiger partial charge in [-0.2, -0.15) is 0 Å². The van der Waals surface area contributed by atoms with Gasteiger partial charge in [0.2, 0.25) is 5.91 Å². The monoisotopic (exact) mass is 380 g/mol. The number of rotatable bonds is 6. The molecule has 0 spiro atoms. The molecule has 26 heavy (non-hydrogen) atoms. The molecule has 2 saturated heterocycles. The first-order chi connectivity index (χ1) is 12.7. The lowest BCUT2D eigenvalue weighted by Crippen LogP contribution is -2.45. The van der Waals surface area contributed by atoms with E-state index in [1.165, 1.54) is 19.4 Å². The van der Waals surface area contributed by atoms with Crippen LogP contribution < -0.4 is 10.1 Å². The number of amides is 1. The third kappa shape index (κ3) is 5.35. The van der Waals surface area contributed by atoms with Crippen LogP contribution >= 0.6 is 11.6 Å². The number of benzene rings is 1. The highest BCUT2D eigenvalue weighted by atomic mass is 35.5. The number of halogens is 1. The van der Waals surface area contributed by atoms with Gasteiger partial charge in [-0.3, -0.25) is 9.69 Å². The van der Waals surface area contributed by atoms with Crippen LogP contribution in [-0.2, 0) is 9.53 Å². The minimum atomic E-state index is 0.0220. The van der Waals surface area contributed by atoms with Gasteiger partial charge in [-0.25, -0.2) is 0 Å². The molecule has 5 nitrogen and oxygen atoms in total. The zero-order valence-electron chi connectivity index (χ0n) is 15.5. The highest BCUT2D eigenvalue weighted by Gasteiger charge is 2.27. The Morgan fingerprint density at radius 1 is 1.35 bits per heavy atom. The molecule has 0 radical (unpaired) electrons. The van der Waals surface area contributed by atoms with E-state index in [0.29, 0.717) is 34.8 Å². The van der Waals surface area contributed by atoms with Crippen molar-refractivity contribution < 1.29 is 14.3 Å². The van der Waals surface area contributed by atoms with E-state index in [9.17, 15) is 4.79 Å². The predicted molar refractivity (Wildman–Crippen MR) is 104 cm³/mol. The van der Waals surface area contributed by atoms with Crippen LogP contribution in [0.25, 0.3) is 0 Å². The maximum Gasteiger partial charge on any atom is 0.224 e. The second kappa shape index (κ2) is 9.58. The molecule has 6 heteroatoms. The van der Waals surface area contributed by atoms with Crippen LogP contribution in [0, 0.1) is 5.92 Å². The number of hydrogen-bond donors (Lipinski definition) is 1. The van der Waals surface area contributed by atoms with E-state index in [2.05, 4.69) is 10.2 Å². The normalized spacial score (nSPS) is 22.2. The first-order valence-corrected chi connectivity index (χ1v) is 9.98. The summed E-state index contributed by atoms with van der Waals surface area (Å²) in [6.07, 6.45) is 6.18. The third-order valence-corrected chi connectivity index (χ3v) is 5.71. The zero-order chi connectivity index (χ0) is 18.4. The Morgan fingerprint density at radius 3 is 2.92 bits per heavy atom. The quantitative estimate of drug-likeness (QED) is 0.811. The lowest BCUT2D eigenvalue weighted by Gasteiger charge is -2.40. The molecular formula is C20H29ClN2O3. The van der Waals surface area contributed by atoms with Gasteiger partial charge >= 0.3 is 0 Å². The molecule has 2 aliphatic heterocycles. The molecular weight excluding hydrogens is 352 g/mol. The van der Waals surface area contributed by atoms with Crippen molar-refractivity contribution in [3.05, 3.63) is 23.2 Å². The van der Waals surface area contributed by atoms with Crippen molar-refractivity contribution in [3.63, 3.8) is 0 Å². The zero-order valence-corrected chi connectivity index (χ0v) is 16.3. The number of piperidine rings is 1. The molecule has 1 aromatic rings. The summed E-state index contributed by atoms with van der Waals surface area (Å²) in [6.45, 7) is 4.07. The number of carbonyl (C=O) groups excluding carboxylic acids is 1. The average Bonchev–Trinajstić information content (AvgIpc) is 2.67. The van der Waals surface area contributed by atoms with Gasteiger partial charge in [0.15, 0.2) is 0 Å². The molecule has 3 rings (SSSR count). The van der Waals surface area contributed by atoms with E-state index < -0.39 is 0 Å². The molecule has 2 heterocycles. The van der Waals surface area contributed by atoms with Gasteiger partial charge in [0.1, 0.15) is 5.75 Å². The highest BCUT2D eigenvalue weighted by molar-refractivity contribution is 6.31. The SMILES string of the molecule is COc1ccc(Cl)cc1NC(=O)CCC1CCCN(C2CCOCC2)C1. The van der Waals surface area contributed by atoms with Crippen molar-refractivity contribution in [2.45, 2.75) is 44.6 Å². The van der Waals surface area contributed by atoms with Crippen LogP contribution in [0.15, 0.2) is 18.2 Å². The van der Waals surface area contributed by atoms with E-state index in [1.807, 2.05) is 0 Å². The summed E-state index contributed by atoms with van der Waals surface area (Å²) in [5.41, 5.74) is 0.637. The standard InChI is InChI=1S/C20H29ClN2O3/c1-25-19-6-5-16(21)13-18(19)22-20(24)7-4-15-3-2-10-23(14-15)17-8-11-26-12-9-17/h5-6,13,15,17H,2-4,7-12,14H2,1H3,(H,22,24). The topological polar surface area (TPSA) is 50.8 Å². The molecule has 1 amide bonds. The van der Waals surface area contributed by atoms with E-state index in [4.69, 9.17) is 21.1 Å². The Morgan fingerprint density at radius 2 is 2.15 bits per heavy atom. The van der Waals surface area contributed by atoms with Crippen molar-refractivity contribution in [3.8, 4) is 5.75 Å². The molecule has 0 aromatic heterocycles. The maximum absolute atomic E-state index is 12.4. The van der Waals surface area contributed by atoms with Crippen molar-refractivity contribution in [2.75, 3.05) is 38.7 Å². The molecule has 2 aliphatic rings. The van der Waals surface area contributed by atoms with Crippen LogP contribution in [-0.4, -0.2) is 50.3 Å². The molecule has 2 fully saturated rings. The average molecular weight is 381 g/mol. The molecule has 1 unspecified atom stereocenters. The van der Waals surface area contributed by atoms with Gasteiger partial charge in [0.05, 0.1) is 12.8 Å². The number of likely N-dealkylation sites (tertiary alicyclic amines) is 1. The van der Waals surface area contributed by atoms with Crippen molar-refractivity contribution in [1.82, 2.24) is 4.90 Å². The Kier molecular flexibility index (Phi) is 7.17. The first-order valence-electron chi connectivity index (χ1n) is 9.61. The van der Waals surface area contributed by atoms with Crippen LogP contribution in [0.3, 0.4) is 0 Å². The molecule has 0 bridgehead atoms. The van der Waals surface area contributed by atoms with Crippen LogP contribution in [0.5, 0.6) is 5.75 Å². The Bertz CT molecular complexity index is 605. The van der Waals surface area contributed by atoms with E-state index in [0.717, 1.165) is 39.0 Å². The summed E-state index contributed by atoms with van der Waals surface area (Å²) in [4.78, 5) is 15.0. The van der Waals surface area contributed by atoms with Crippen LogP contribution in [0.4, 0.5) is 5.69 Å². The fraction of sp³-hybridized carbons (Fsp3) is 0.650. The predicted octanol–water partition coefficient (Wildman–Crippen LogP) is 3.96. The molecule has 1 aromatic carbocycles. The fourth-order valence-electron chi connectivity index (χ4n) is 4.04. The molecule has 0 saturated carbocycles. The van der Waals surface area contributed by atoms with Gasteiger partial charge in [-0.15, -0.1) is 0 Å². The second-order valence-corrected chi connectivity index (χ2v) is 7.71. The highest BCUT2D eigenvalue weighted by Crippen LogP contribution is 2.29. The summed E-state index contributed by atoms with van der Waals surface area (Å²) in [5, 5.41) is 3.52. The van der Waals surface area contributed by atoms with Gasteiger partial charge in [-0.05, 0) is 62.8 Å². The molecule has 0 aliphatic carbocycles. The van der Waals surface area contributed by atoms with E-state index in [1.54, 1.807) is 25.3 Å². The number of anilines is 1. The minimum Gasteiger partial charge on any atom is -0.495 e. The maximum atomic E-state index is 12.4. The van der Waals surface area contributed by atoms with Crippen molar-refractivity contribution in [1.29, 1.82) is 0 Å². The Balaban J connectivity index is 1.47. The number of hydrogen-bond acceptors (Lipinski definition) is 4. The minimum absolute atomic E-state index is 0.0220. The summed E-state index contributed by atoms with van der Waals surface area (Å²) in [6, 6.07) is 5.91. The number of nitrogens with zero attached hydrogens (tertiary/aromatic N) is 1. The summed E-state index contributed by atoms with van der Waals surface area (Å²) < 4.78 is 10.8. The molecule has 144 valence electrons. The fourth-order valence-corrected chi connectivity index (χ4v) is 4.21. The molecule has 1 atom stereocenters. The summed E-state index contributed by atoms with van der Waals surface area (Å²) in [5.74, 6) is 1.25. The second-order valence-electron chi connectivity index (χ2n) is 7.28. The number of methoxy groups -OCH3 is 1. The van der Waals surface area contributed by atoms with Crippen molar-refractivity contribution in [2.24, 2.45) is 5.92 Å². The van der Waals surface area contributed by atoms with Crippen molar-refractivity contribution >= 4 is 23.2 Å². The summed E-state index contributed by atoms with van der Waals surface area (Å²) >= 11 is 6.02. The lowest BCUT2D eigenvalue weighted by molar-refractivity contribution is -0.116. The Labute approximate surface area is 161 Å². The largest absolute Gasteiger partial charge is 0.495 e. The lowest BCUT2D eigenvalue weighted by atomic mass is 9.91. The number of ether oxygens (including phenoxy) is 2.